The number of nitrogens with one attached hydrogen (secondary N) is 1. The lowest BCUT2D eigenvalue weighted by Crippen LogP contribution is -2.02. The Morgan fingerprint density at radius 2 is 2.05 bits per heavy atom. The summed E-state index contributed by atoms with van der Waals surface area (Å²) in [5.74, 6) is 1.17. The van der Waals surface area contributed by atoms with Crippen LogP contribution in [0.5, 0.6) is 5.88 Å². The molecule has 4 nitrogen and oxygen atoms in total. The van der Waals surface area contributed by atoms with Crippen molar-refractivity contribution >= 4 is 12.0 Å². The molecule has 0 saturated carbocycles. The Morgan fingerprint density at radius 3 is 2.79 bits per heavy atom. The number of hydrogen-bond donors (Lipinski definition) is 1. The number of aromatic nitrogens is 2. The first kappa shape index (κ1) is 13.1. The average Bonchev–Trinajstić information content (AvgIpc) is 2.46. The Hall–Kier alpha value is -2.36. The van der Waals surface area contributed by atoms with Gasteiger partial charge in [-0.05, 0) is 18.6 Å². The molecule has 19 heavy (non-hydrogen) atoms. The summed E-state index contributed by atoms with van der Waals surface area (Å²) in [6, 6.07) is 10.1. The minimum Gasteiger partial charge on any atom is -0.473 e. The minimum absolute atomic E-state index is 0.482. The smallest absolute Gasteiger partial charge is 0.225 e. The van der Waals surface area contributed by atoms with Crippen molar-refractivity contribution in [2.75, 3.05) is 19.0 Å². The molecule has 2 aromatic rings. The average molecular weight is 255 g/mol. The molecular formula is C15H17N3O. The van der Waals surface area contributed by atoms with Crippen LogP contribution in [0.1, 0.15) is 11.1 Å². The number of rotatable bonds is 5. The number of anilines is 1. The van der Waals surface area contributed by atoms with Crippen molar-refractivity contribution in [1.82, 2.24) is 9.97 Å². The summed E-state index contributed by atoms with van der Waals surface area (Å²) in [6.07, 6.45) is 5.74. The van der Waals surface area contributed by atoms with Gasteiger partial charge < -0.3 is 10.1 Å². The second-order valence-corrected chi connectivity index (χ2v) is 4.06. The summed E-state index contributed by atoms with van der Waals surface area (Å²) in [4.78, 5) is 8.37. The van der Waals surface area contributed by atoms with Crippen LogP contribution in [0.4, 0.5) is 5.95 Å². The molecule has 0 amide bonds. The van der Waals surface area contributed by atoms with Gasteiger partial charge in [-0.25, -0.2) is 4.98 Å². The predicted octanol–water partition coefficient (Wildman–Crippen LogP) is 2.92. The van der Waals surface area contributed by atoms with Crippen LogP contribution in [0.3, 0.4) is 0 Å². The van der Waals surface area contributed by atoms with E-state index in [1.807, 2.05) is 49.4 Å². The quantitative estimate of drug-likeness (QED) is 0.892. The summed E-state index contributed by atoms with van der Waals surface area (Å²) in [5.41, 5.74) is 2.08. The van der Waals surface area contributed by atoms with E-state index in [2.05, 4.69) is 15.3 Å². The topological polar surface area (TPSA) is 47.0 Å². The van der Waals surface area contributed by atoms with E-state index >= 15 is 0 Å². The number of aryl methyl sites for hydroxylation is 1. The van der Waals surface area contributed by atoms with Gasteiger partial charge in [0.15, 0.2) is 0 Å². The maximum Gasteiger partial charge on any atom is 0.225 e. The molecule has 0 spiro atoms. The van der Waals surface area contributed by atoms with Crippen LogP contribution < -0.4 is 10.1 Å². The summed E-state index contributed by atoms with van der Waals surface area (Å²) in [7, 11) is 1.78. The van der Waals surface area contributed by atoms with Gasteiger partial charge in [-0.3, -0.25) is 0 Å². The van der Waals surface area contributed by atoms with E-state index in [1.165, 1.54) is 0 Å². The molecule has 0 aliphatic rings. The fourth-order valence-corrected chi connectivity index (χ4v) is 1.57. The van der Waals surface area contributed by atoms with Gasteiger partial charge in [0, 0.05) is 18.8 Å². The first-order valence-corrected chi connectivity index (χ1v) is 6.15. The molecule has 2 rings (SSSR count). The lowest BCUT2D eigenvalue weighted by molar-refractivity contribution is 0.346. The third kappa shape index (κ3) is 3.81. The number of benzene rings is 1. The molecule has 98 valence electrons. The van der Waals surface area contributed by atoms with Gasteiger partial charge >= 0.3 is 0 Å². The van der Waals surface area contributed by atoms with Gasteiger partial charge in [0.2, 0.25) is 11.8 Å². The molecule has 1 N–H and O–H groups in total. The highest BCUT2D eigenvalue weighted by atomic mass is 16.5. The standard InChI is InChI=1S/C15H17N3O/c1-12-11-17-15(16-2)18-14(12)19-10-6-9-13-7-4-3-5-8-13/h3-9,11H,10H2,1-2H3,(H,16,17,18)/b9-6+. The van der Waals surface area contributed by atoms with Gasteiger partial charge in [-0.15, -0.1) is 0 Å². The van der Waals surface area contributed by atoms with Crippen LogP contribution >= 0.6 is 0 Å². The molecule has 0 aliphatic heterocycles. The highest BCUT2D eigenvalue weighted by Gasteiger charge is 2.02. The lowest BCUT2D eigenvalue weighted by atomic mass is 10.2. The van der Waals surface area contributed by atoms with Gasteiger partial charge in [0.1, 0.15) is 6.61 Å². The van der Waals surface area contributed by atoms with Gasteiger partial charge in [-0.2, -0.15) is 4.98 Å². The molecule has 0 fully saturated rings. The molecular weight excluding hydrogens is 238 g/mol. The highest BCUT2D eigenvalue weighted by Crippen LogP contribution is 2.14. The van der Waals surface area contributed by atoms with Crippen molar-refractivity contribution in [3.63, 3.8) is 0 Å². The van der Waals surface area contributed by atoms with Crippen LogP contribution in [0.2, 0.25) is 0 Å². The summed E-state index contributed by atoms with van der Waals surface area (Å²) in [6.45, 7) is 2.41. The van der Waals surface area contributed by atoms with Crippen molar-refractivity contribution in [1.29, 1.82) is 0 Å². The SMILES string of the molecule is CNc1ncc(C)c(OC/C=C/c2ccccc2)n1. The molecule has 1 aromatic carbocycles. The normalized spacial score (nSPS) is 10.6. The van der Waals surface area contributed by atoms with Crippen molar-refractivity contribution in [2.45, 2.75) is 6.92 Å². The van der Waals surface area contributed by atoms with Crippen LogP contribution in [-0.2, 0) is 0 Å². The Labute approximate surface area is 113 Å². The molecule has 1 heterocycles. The molecule has 0 saturated heterocycles. The van der Waals surface area contributed by atoms with E-state index in [-0.39, 0.29) is 0 Å². The third-order valence-corrected chi connectivity index (χ3v) is 2.58. The number of hydrogen-bond acceptors (Lipinski definition) is 4. The van der Waals surface area contributed by atoms with E-state index in [4.69, 9.17) is 4.74 Å². The van der Waals surface area contributed by atoms with E-state index in [9.17, 15) is 0 Å². The highest BCUT2D eigenvalue weighted by molar-refractivity contribution is 5.48. The monoisotopic (exact) mass is 255 g/mol. The fourth-order valence-electron chi connectivity index (χ4n) is 1.57. The number of nitrogens with zero attached hydrogens (tertiary/aromatic N) is 2. The second-order valence-electron chi connectivity index (χ2n) is 4.06. The molecule has 0 atom stereocenters. The van der Waals surface area contributed by atoms with Crippen molar-refractivity contribution < 1.29 is 4.74 Å². The Kier molecular flexibility index (Phi) is 4.50. The fraction of sp³-hybridized carbons (Fsp3) is 0.200. The first-order chi connectivity index (χ1) is 9.29. The van der Waals surface area contributed by atoms with Crippen molar-refractivity contribution in [2.24, 2.45) is 0 Å². The maximum atomic E-state index is 5.62. The van der Waals surface area contributed by atoms with Crippen LogP contribution in [0, 0.1) is 6.92 Å². The van der Waals surface area contributed by atoms with E-state index < -0.39 is 0 Å². The van der Waals surface area contributed by atoms with Crippen LogP contribution in [-0.4, -0.2) is 23.6 Å². The van der Waals surface area contributed by atoms with E-state index in [0.717, 1.165) is 11.1 Å². The molecule has 1 aromatic heterocycles. The van der Waals surface area contributed by atoms with Gasteiger partial charge in [0.25, 0.3) is 0 Å². The third-order valence-electron chi connectivity index (χ3n) is 2.58. The van der Waals surface area contributed by atoms with Gasteiger partial charge in [-0.1, -0.05) is 36.4 Å². The molecule has 0 radical (unpaired) electrons. The number of ether oxygens (including phenoxy) is 1. The molecule has 0 unspecified atom stereocenters. The zero-order valence-corrected chi connectivity index (χ0v) is 11.1. The predicted molar refractivity (Wildman–Crippen MR) is 77.3 cm³/mol. The van der Waals surface area contributed by atoms with Crippen LogP contribution in [0.15, 0.2) is 42.6 Å². The minimum atomic E-state index is 0.482. The molecule has 0 aliphatic carbocycles. The van der Waals surface area contributed by atoms with Crippen molar-refractivity contribution in [3.8, 4) is 5.88 Å². The largest absolute Gasteiger partial charge is 0.473 e. The summed E-state index contributed by atoms with van der Waals surface area (Å²) < 4.78 is 5.62. The Balaban J connectivity index is 1.94. The maximum absolute atomic E-state index is 5.62. The summed E-state index contributed by atoms with van der Waals surface area (Å²) >= 11 is 0. The van der Waals surface area contributed by atoms with Crippen LogP contribution in [0.25, 0.3) is 6.08 Å². The van der Waals surface area contributed by atoms with E-state index in [1.54, 1.807) is 13.2 Å². The van der Waals surface area contributed by atoms with Gasteiger partial charge in [0.05, 0.1) is 0 Å². The molecule has 0 bridgehead atoms. The van der Waals surface area contributed by atoms with E-state index in [0.29, 0.717) is 18.4 Å². The zero-order chi connectivity index (χ0) is 13.5. The lowest BCUT2D eigenvalue weighted by Gasteiger charge is -2.06. The summed E-state index contributed by atoms with van der Waals surface area (Å²) in [5, 5.41) is 2.89. The van der Waals surface area contributed by atoms with Crippen molar-refractivity contribution in [3.05, 3.63) is 53.7 Å². The first-order valence-electron chi connectivity index (χ1n) is 6.15. The molecule has 4 heteroatoms. The second kappa shape index (κ2) is 6.54. The Bertz CT molecular complexity index is 553. The Morgan fingerprint density at radius 1 is 1.26 bits per heavy atom. The zero-order valence-electron chi connectivity index (χ0n) is 11.1.